The van der Waals surface area contributed by atoms with E-state index in [2.05, 4.69) is 20.8 Å². The molecule has 0 aliphatic heterocycles. The van der Waals surface area contributed by atoms with Crippen molar-refractivity contribution in [3.63, 3.8) is 0 Å². The second-order valence-electron chi connectivity index (χ2n) is 3.94. The van der Waals surface area contributed by atoms with Gasteiger partial charge in [-0.2, -0.15) is 0 Å². The lowest BCUT2D eigenvalue weighted by Gasteiger charge is -2.40. The Morgan fingerprint density at radius 3 is 2.00 bits per heavy atom. The van der Waals surface area contributed by atoms with Crippen LogP contribution in [0.25, 0.3) is 0 Å². The fourth-order valence-corrected chi connectivity index (χ4v) is 1.86. The van der Waals surface area contributed by atoms with Gasteiger partial charge in [0.25, 0.3) is 0 Å². The summed E-state index contributed by atoms with van der Waals surface area (Å²) in [6.45, 7) is 6.74. The first-order valence-corrected chi connectivity index (χ1v) is 4.38. The molecule has 0 bridgehead atoms. The molecule has 1 aliphatic carbocycles. The molecule has 0 spiro atoms. The topological polar surface area (TPSA) is 26.0 Å². The monoisotopic (exact) mass is 141 g/mol. The zero-order valence-electron chi connectivity index (χ0n) is 7.30. The quantitative estimate of drug-likeness (QED) is 0.625. The molecule has 60 valence electrons. The van der Waals surface area contributed by atoms with Crippen molar-refractivity contribution in [1.82, 2.24) is 0 Å². The summed E-state index contributed by atoms with van der Waals surface area (Å²) >= 11 is 0. The summed E-state index contributed by atoms with van der Waals surface area (Å²) in [6, 6.07) is 0.382. The predicted molar refractivity (Wildman–Crippen MR) is 44.7 cm³/mol. The van der Waals surface area contributed by atoms with Gasteiger partial charge in [-0.15, -0.1) is 0 Å². The van der Waals surface area contributed by atoms with E-state index in [0.717, 1.165) is 17.8 Å². The molecule has 1 heteroatoms. The van der Waals surface area contributed by atoms with Crippen LogP contribution in [0.5, 0.6) is 0 Å². The lowest BCUT2D eigenvalue weighted by atomic mass is 9.67. The third kappa shape index (κ3) is 1.34. The Morgan fingerprint density at radius 1 is 1.30 bits per heavy atom. The summed E-state index contributed by atoms with van der Waals surface area (Å²) in [7, 11) is 0. The molecule has 0 aromatic rings. The van der Waals surface area contributed by atoms with E-state index in [-0.39, 0.29) is 0 Å². The van der Waals surface area contributed by atoms with Crippen LogP contribution in [0.2, 0.25) is 0 Å². The minimum absolute atomic E-state index is 0.382. The SMILES string of the molecule is CC1CCC1[C@@H](C)C(C)N. The average molecular weight is 141 g/mol. The van der Waals surface area contributed by atoms with Gasteiger partial charge in [0, 0.05) is 6.04 Å². The first-order chi connectivity index (χ1) is 4.63. The molecule has 0 heterocycles. The van der Waals surface area contributed by atoms with Crippen LogP contribution in [0.4, 0.5) is 0 Å². The van der Waals surface area contributed by atoms with Crippen LogP contribution in [-0.2, 0) is 0 Å². The normalized spacial score (nSPS) is 38.4. The minimum atomic E-state index is 0.382. The van der Waals surface area contributed by atoms with Crippen LogP contribution >= 0.6 is 0 Å². The van der Waals surface area contributed by atoms with Crippen LogP contribution in [0.15, 0.2) is 0 Å². The Hall–Kier alpha value is -0.0400. The van der Waals surface area contributed by atoms with Crippen molar-refractivity contribution in [2.24, 2.45) is 23.5 Å². The molecule has 3 unspecified atom stereocenters. The molecule has 2 N–H and O–H groups in total. The van der Waals surface area contributed by atoms with E-state index >= 15 is 0 Å². The van der Waals surface area contributed by atoms with Crippen LogP contribution < -0.4 is 5.73 Å². The number of hydrogen-bond donors (Lipinski definition) is 1. The van der Waals surface area contributed by atoms with Gasteiger partial charge in [-0.3, -0.25) is 0 Å². The highest BCUT2D eigenvalue weighted by molar-refractivity contribution is 4.84. The second kappa shape index (κ2) is 2.91. The molecule has 1 aliphatic rings. The predicted octanol–water partition coefficient (Wildman–Crippen LogP) is 2.02. The van der Waals surface area contributed by atoms with Gasteiger partial charge in [0.15, 0.2) is 0 Å². The van der Waals surface area contributed by atoms with Crippen molar-refractivity contribution in [3.05, 3.63) is 0 Å². The first kappa shape index (κ1) is 8.06. The molecule has 0 amide bonds. The second-order valence-corrected chi connectivity index (χ2v) is 3.94. The third-order valence-corrected chi connectivity index (χ3v) is 3.19. The highest BCUT2D eigenvalue weighted by Gasteiger charge is 2.32. The van der Waals surface area contributed by atoms with E-state index < -0.39 is 0 Å². The zero-order chi connectivity index (χ0) is 7.72. The van der Waals surface area contributed by atoms with Gasteiger partial charge in [-0.25, -0.2) is 0 Å². The summed E-state index contributed by atoms with van der Waals surface area (Å²) in [5.74, 6) is 2.57. The number of hydrogen-bond acceptors (Lipinski definition) is 1. The van der Waals surface area contributed by atoms with Crippen molar-refractivity contribution in [2.75, 3.05) is 0 Å². The van der Waals surface area contributed by atoms with E-state index in [1.807, 2.05) is 0 Å². The van der Waals surface area contributed by atoms with Gasteiger partial charge in [0.1, 0.15) is 0 Å². The van der Waals surface area contributed by atoms with Gasteiger partial charge >= 0.3 is 0 Å². The molecule has 1 saturated carbocycles. The van der Waals surface area contributed by atoms with Gasteiger partial charge in [0.2, 0.25) is 0 Å². The first-order valence-electron chi connectivity index (χ1n) is 4.38. The summed E-state index contributed by atoms with van der Waals surface area (Å²) in [4.78, 5) is 0. The van der Waals surface area contributed by atoms with Crippen molar-refractivity contribution in [1.29, 1.82) is 0 Å². The van der Waals surface area contributed by atoms with E-state index in [1.165, 1.54) is 12.8 Å². The largest absolute Gasteiger partial charge is 0.328 e. The number of nitrogens with two attached hydrogens (primary N) is 1. The Morgan fingerprint density at radius 2 is 1.90 bits per heavy atom. The van der Waals surface area contributed by atoms with E-state index in [1.54, 1.807) is 0 Å². The van der Waals surface area contributed by atoms with Crippen molar-refractivity contribution < 1.29 is 0 Å². The summed E-state index contributed by atoms with van der Waals surface area (Å²) < 4.78 is 0. The van der Waals surface area contributed by atoms with E-state index in [9.17, 15) is 0 Å². The highest BCUT2D eigenvalue weighted by Crippen LogP contribution is 2.39. The average Bonchev–Trinajstić information content (AvgIpc) is 1.84. The Balaban J connectivity index is 2.34. The Bertz CT molecular complexity index is 105. The zero-order valence-corrected chi connectivity index (χ0v) is 7.30. The minimum Gasteiger partial charge on any atom is -0.328 e. The molecule has 1 fully saturated rings. The van der Waals surface area contributed by atoms with Gasteiger partial charge < -0.3 is 5.73 Å². The molecule has 10 heavy (non-hydrogen) atoms. The maximum absolute atomic E-state index is 5.81. The molecule has 0 aromatic carbocycles. The lowest BCUT2D eigenvalue weighted by molar-refractivity contribution is 0.115. The fraction of sp³-hybridized carbons (Fsp3) is 1.00. The molecule has 0 aromatic heterocycles. The van der Waals surface area contributed by atoms with Crippen LogP contribution in [0, 0.1) is 17.8 Å². The van der Waals surface area contributed by atoms with Gasteiger partial charge in [0.05, 0.1) is 0 Å². The fourth-order valence-electron chi connectivity index (χ4n) is 1.86. The molecule has 0 radical (unpaired) electrons. The molecule has 4 atom stereocenters. The third-order valence-electron chi connectivity index (χ3n) is 3.19. The van der Waals surface area contributed by atoms with Crippen molar-refractivity contribution in [2.45, 2.75) is 39.7 Å². The van der Waals surface area contributed by atoms with Gasteiger partial charge in [-0.05, 0) is 31.1 Å². The van der Waals surface area contributed by atoms with Crippen molar-refractivity contribution >= 4 is 0 Å². The Labute approximate surface area is 64.0 Å². The molecular weight excluding hydrogens is 122 g/mol. The summed E-state index contributed by atoms with van der Waals surface area (Å²) in [6.07, 6.45) is 2.82. The van der Waals surface area contributed by atoms with E-state index in [4.69, 9.17) is 5.73 Å². The van der Waals surface area contributed by atoms with E-state index in [0.29, 0.717) is 6.04 Å². The molecule has 0 saturated heterocycles. The maximum atomic E-state index is 5.81. The van der Waals surface area contributed by atoms with Crippen LogP contribution in [-0.4, -0.2) is 6.04 Å². The molecule has 1 nitrogen and oxygen atoms in total. The smallest absolute Gasteiger partial charge is 0.00388 e. The number of rotatable bonds is 2. The standard InChI is InChI=1S/C9H19N/c1-6-4-5-9(6)7(2)8(3)10/h6-9H,4-5,10H2,1-3H3/t6?,7-,8?,9?/m0/s1. The molecule has 1 rings (SSSR count). The maximum Gasteiger partial charge on any atom is 0.00388 e. The lowest BCUT2D eigenvalue weighted by Crippen LogP contribution is -2.38. The highest BCUT2D eigenvalue weighted by atomic mass is 14.6. The van der Waals surface area contributed by atoms with Gasteiger partial charge in [-0.1, -0.05) is 20.3 Å². The van der Waals surface area contributed by atoms with Crippen LogP contribution in [0.3, 0.4) is 0 Å². The summed E-state index contributed by atoms with van der Waals surface area (Å²) in [5, 5.41) is 0. The van der Waals surface area contributed by atoms with Crippen LogP contribution in [0.1, 0.15) is 33.6 Å². The van der Waals surface area contributed by atoms with Crippen molar-refractivity contribution in [3.8, 4) is 0 Å². The Kier molecular flexibility index (Phi) is 2.35. The molecular formula is C9H19N. The summed E-state index contributed by atoms with van der Waals surface area (Å²) in [5.41, 5.74) is 5.81.